The van der Waals surface area contributed by atoms with Crippen LogP contribution in [-0.2, 0) is 16.1 Å². The number of benzene rings is 1. The summed E-state index contributed by atoms with van der Waals surface area (Å²) >= 11 is 6.04. The Balaban J connectivity index is 1.75. The number of nitrogens with one attached hydrogen (secondary N) is 1. The molecule has 2 heterocycles. The number of hydrogen-bond donors (Lipinski definition) is 1. The van der Waals surface area contributed by atoms with Crippen LogP contribution in [0, 0.1) is 0 Å². The molecule has 0 bridgehead atoms. The number of rotatable bonds is 4. The molecule has 1 aliphatic carbocycles. The molecule has 0 unspecified atom stereocenters. The van der Waals surface area contributed by atoms with Crippen molar-refractivity contribution in [2.24, 2.45) is 0 Å². The summed E-state index contributed by atoms with van der Waals surface area (Å²) in [5.41, 5.74) is -0.450. The van der Waals surface area contributed by atoms with Gasteiger partial charge >= 0.3 is 5.97 Å². The lowest BCUT2D eigenvalue weighted by Gasteiger charge is -2.44. The molecule has 31 heavy (non-hydrogen) atoms. The Morgan fingerprint density at radius 1 is 1.19 bits per heavy atom. The summed E-state index contributed by atoms with van der Waals surface area (Å²) in [6.07, 6.45) is 5.18. The van der Waals surface area contributed by atoms with Crippen LogP contribution in [0.3, 0.4) is 0 Å². The molecule has 1 N–H and O–H groups in total. The van der Waals surface area contributed by atoms with E-state index in [1.54, 1.807) is 31.2 Å². The third kappa shape index (κ3) is 3.92. The van der Waals surface area contributed by atoms with Crippen molar-refractivity contribution < 1.29 is 19.1 Å². The molecular formula is C22H25ClN4O4. The summed E-state index contributed by atoms with van der Waals surface area (Å²) in [6.45, 7) is 1.83. The first-order chi connectivity index (χ1) is 14.8. The Bertz CT molecular complexity index is 1010. The van der Waals surface area contributed by atoms with Crippen molar-refractivity contribution in [3.8, 4) is 0 Å². The van der Waals surface area contributed by atoms with Crippen molar-refractivity contribution in [1.29, 1.82) is 0 Å². The Morgan fingerprint density at radius 2 is 1.87 bits per heavy atom. The van der Waals surface area contributed by atoms with Crippen LogP contribution in [0.1, 0.15) is 60.0 Å². The van der Waals surface area contributed by atoms with E-state index in [0.29, 0.717) is 10.7 Å². The van der Waals surface area contributed by atoms with E-state index in [-0.39, 0.29) is 29.9 Å². The van der Waals surface area contributed by atoms with Gasteiger partial charge in [0.1, 0.15) is 11.2 Å². The third-order valence-corrected chi connectivity index (χ3v) is 6.31. The van der Waals surface area contributed by atoms with Gasteiger partial charge in [-0.05, 0) is 44.0 Å². The molecule has 0 saturated heterocycles. The topological polar surface area (TPSA) is 93.5 Å². The number of esters is 1. The summed E-state index contributed by atoms with van der Waals surface area (Å²) < 4.78 is 6.16. The van der Waals surface area contributed by atoms with Gasteiger partial charge in [0, 0.05) is 22.8 Å². The van der Waals surface area contributed by atoms with Crippen LogP contribution in [-0.4, -0.2) is 46.3 Å². The fraction of sp³-hybridized carbons (Fsp3) is 0.455. The fourth-order valence-electron chi connectivity index (χ4n) is 4.37. The second-order valence-electron chi connectivity index (χ2n) is 8.26. The molecule has 1 aromatic heterocycles. The van der Waals surface area contributed by atoms with Gasteiger partial charge in [-0.15, -0.1) is 0 Å². The van der Waals surface area contributed by atoms with E-state index in [4.69, 9.17) is 16.3 Å². The number of carbonyl (C=O) groups is 3. The zero-order valence-electron chi connectivity index (χ0n) is 17.6. The van der Waals surface area contributed by atoms with Gasteiger partial charge in [-0.2, -0.15) is 5.10 Å². The normalized spacial score (nSPS) is 21.5. The first-order valence-electron chi connectivity index (χ1n) is 10.4. The van der Waals surface area contributed by atoms with Crippen LogP contribution in [0.15, 0.2) is 30.3 Å². The summed E-state index contributed by atoms with van der Waals surface area (Å²) in [4.78, 5) is 40.5. The molecule has 1 aliphatic heterocycles. The molecule has 4 rings (SSSR count). The van der Waals surface area contributed by atoms with Crippen LogP contribution >= 0.6 is 11.6 Å². The minimum Gasteiger partial charge on any atom is -0.464 e. The molecule has 0 radical (unpaired) electrons. The lowest BCUT2D eigenvalue weighted by atomic mass is 9.91. The van der Waals surface area contributed by atoms with Crippen molar-refractivity contribution in [2.75, 3.05) is 12.0 Å². The van der Waals surface area contributed by atoms with Crippen LogP contribution in [0.4, 0.5) is 5.69 Å². The zero-order valence-corrected chi connectivity index (χ0v) is 18.3. The van der Waals surface area contributed by atoms with Gasteiger partial charge in [-0.3, -0.25) is 19.2 Å². The maximum absolute atomic E-state index is 13.5. The van der Waals surface area contributed by atoms with Crippen molar-refractivity contribution in [2.45, 2.75) is 57.2 Å². The van der Waals surface area contributed by atoms with Gasteiger partial charge < -0.3 is 10.1 Å². The van der Waals surface area contributed by atoms with Gasteiger partial charge in [0.05, 0.1) is 13.7 Å². The SMILES string of the molecule is COC(=O)c1cc2n(n1)C[C@](C)(C(=O)NC1CCCCC1)N(c1ccc(Cl)cc1)C2=O. The molecule has 9 heteroatoms. The quantitative estimate of drug-likeness (QED) is 0.731. The van der Waals surface area contributed by atoms with Gasteiger partial charge in [-0.1, -0.05) is 30.9 Å². The van der Waals surface area contributed by atoms with Crippen LogP contribution in [0.25, 0.3) is 0 Å². The molecule has 1 atom stereocenters. The van der Waals surface area contributed by atoms with Crippen molar-refractivity contribution in [1.82, 2.24) is 15.1 Å². The molecule has 164 valence electrons. The van der Waals surface area contributed by atoms with Gasteiger partial charge in [0.25, 0.3) is 5.91 Å². The summed E-state index contributed by atoms with van der Waals surface area (Å²) in [7, 11) is 1.25. The molecule has 2 aromatic rings. The number of aromatic nitrogens is 2. The highest BCUT2D eigenvalue weighted by Crippen LogP contribution is 2.34. The highest BCUT2D eigenvalue weighted by atomic mass is 35.5. The number of nitrogens with zero attached hydrogens (tertiary/aromatic N) is 3. The number of ether oxygens (including phenoxy) is 1. The Kier molecular flexibility index (Phi) is 5.75. The largest absolute Gasteiger partial charge is 0.464 e. The van der Waals surface area contributed by atoms with Gasteiger partial charge in [0.2, 0.25) is 5.91 Å². The Morgan fingerprint density at radius 3 is 2.52 bits per heavy atom. The number of anilines is 1. The predicted octanol–water partition coefficient (Wildman–Crippen LogP) is 3.19. The Labute approximate surface area is 185 Å². The molecule has 0 spiro atoms. The molecule has 1 aromatic carbocycles. The van der Waals surface area contributed by atoms with Gasteiger partial charge in [0.15, 0.2) is 5.69 Å². The van der Waals surface area contributed by atoms with Crippen molar-refractivity contribution in [3.05, 3.63) is 46.7 Å². The van der Waals surface area contributed by atoms with Crippen LogP contribution in [0.5, 0.6) is 0 Å². The van der Waals surface area contributed by atoms with E-state index in [1.807, 2.05) is 0 Å². The number of halogens is 1. The zero-order chi connectivity index (χ0) is 22.2. The molecule has 8 nitrogen and oxygen atoms in total. The van der Waals surface area contributed by atoms with Crippen LogP contribution in [0.2, 0.25) is 5.02 Å². The maximum Gasteiger partial charge on any atom is 0.358 e. The summed E-state index contributed by atoms with van der Waals surface area (Å²) in [5, 5.41) is 7.90. The van der Waals surface area contributed by atoms with Gasteiger partial charge in [-0.25, -0.2) is 4.79 Å². The van der Waals surface area contributed by atoms with Crippen molar-refractivity contribution >= 4 is 35.1 Å². The average molecular weight is 445 g/mol. The van der Waals surface area contributed by atoms with E-state index in [2.05, 4.69) is 10.4 Å². The average Bonchev–Trinajstić information content (AvgIpc) is 3.19. The van der Waals surface area contributed by atoms with E-state index in [0.717, 1.165) is 25.7 Å². The van der Waals surface area contributed by atoms with E-state index >= 15 is 0 Å². The smallest absolute Gasteiger partial charge is 0.358 e. The molecular weight excluding hydrogens is 420 g/mol. The number of methoxy groups -OCH3 is 1. The predicted molar refractivity (Wildman–Crippen MR) is 115 cm³/mol. The minimum atomic E-state index is -1.24. The first kappa shape index (κ1) is 21.4. The summed E-state index contributed by atoms with van der Waals surface area (Å²) in [6, 6.07) is 8.25. The second-order valence-corrected chi connectivity index (χ2v) is 8.70. The Hall–Kier alpha value is -2.87. The minimum absolute atomic E-state index is 0.0267. The summed E-state index contributed by atoms with van der Waals surface area (Å²) in [5.74, 6) is -1.30. The number of amides is 2. The van der Waals surface area contributed by atoms with E-state index in [9.17, 15) is 14.4 Å². The van der Waals surface area contributed by atoms with E-state index in [1.165, 1.54) is 29.2 Å². The molecule has 1 fully saturated rings. The molecule has 2 amide bonds. The number of fused-ring (bicyclic) bond motifs is 1. The number of hydrogen-bond acceptors (Lipinski definition) is 5. The third-order valence-electron chi connectivity index (χ3n) is 6.06. The first-order valence-corrected chi connectivity index (χ1v) is 10.8. The van der Waals surface area contributed by atoms with Crippen molar-refractivity contribution in [3.63, 3.8) is 0 Å². The fourth-order valence-corrected chi connectivity index (χ4v) is 4.49. The highest BCUT2D eigenvalue weighted by molar-refractivity contribution is 6.30. The maximum atomic E-state index is 13.5. The molecule has 1 saturated carbocycles. The molecule has 2 aliphatic rings. The lowest BCUT2D eigenvalue weighted by Crippen LogP contribution is -2.65. The standard InChI is InChI=1S/C22H25ClN4O4/c1-22(21(30)24-15-6-4-3-5-7-15)13-26-18(12-17(25-26)20(29)31-2)19(28)27(22)16-10-8-14(23)9-11-16/h8-12,15H,3-7,13H2,1-2H3,(H,24,30)/t22-/m1/s1. The van der Waals surface area contributed by atoms with Crippen LogP contribution < -0.4 is 10.2 Å². The second kappa shape index (κ2) is 8.34. The van der Waals surface area contributed by atoms with E-state index < -0.39 is 17.4 Å². The monoisotopic (exact) mass is 444 g/mol. The lowest BCUT2D eigenvalue weighted by molar-refractivity contribution is -0.127. The highest BCUT2D eigenvalue weighted by Gasteiger charge is 2.49. The number of carbonyl (C=O) groups excluding carboxylic acids is 3.